The van der Waals surface area contributed by atoms with Crippen molar-refractivity contribution in [2.24, 2.45) is 0 Å². The van der Waals surface area contributed by atoms with Crippen LogP contribution in [0.3, 0.4) is 0 Å². The quantitative estimate of drug-likeness (QED) is 0.747. The normalized spacial score (nSPS) is 10.9. The smallest absolute Gasteiger partial charge is 0.287 e. The fraction of sp³-hybridized carbons (Fsp3) is 0.0625. The first-order valence-electron chi connectivity index (χ1n) is 6.45. The lowest BCUT2D eigenvalue weighted by Gasteiger charge is -2.05. The first-order chi connectivity index (χ1) is 10.6. The highest BCUT2D eigenvalue weighted by molar-refractivity contribution is 9.10. The lowest BCUT2D eigenvalue weighted by Crippen LogP contribution is -2.23. The summed E-state index contributed by atoms with van der Waals surface area (Å²) < 4.78 is 33.2. The molecule has 1 heterocycles. The second-order valence-corrected chi connectivity index (χ2v) is 5.50. The minimum Gasteiger partial charge on any atom is -0.451 e. The fourth-order valence-corrected chi connectivity index (χ4v) is 2.56. The number of carbonyl (C=O) groups excluding carboxylic acids is 1. The van der Waals surface area contributed by atoms with Crippen molar-refractivity contribution < 1.29 is 18.0 Å². The number of amides is 1. The van der Waals surface area contributed by atoms with E-state index in [4.69, 9.17) is 4.42 Å². The summed E-state index contributed by atoms with van der Waals surface area (Å²) in [6.07, 6.45) is 0. The zero-order valence-corrected chi connectivity index (χ0v) is 12.8. The molecule has 0 aliphatic carbocycles. The SMILES string of the molecule is O=C(NCc1c(F)cccc1F)c1cc2c(Br)cccc2o1. The Hall–Kier alpha value is -2.21. The van der Waals surface area contributed by atoms with Crippen LogP contribution < -0.4 is 5.32 Å². The third-order valence-electron chi connectivity index (χ3n) is 3.22. The van der Waals surface area contributed by atoms with Gasteiger partial charge in [-0.25, -0.2) is 8.78 Å². The van der Waals surface area contributed by atoms with Crippen LogP contribution in [0.1, 0.15) is 16.1 Å². The van der Waals surface area contributed by atoms with E-state index in [2.05, 4.69) is 21.2 Å². The van der Waals surface area contributed by atoms with Gasteiger partial charge in [0.2, 0.25) is 0 Å². The van der Waals surface area contributed by atoms with E-state index in [1.165, 1.54) is 6.07 Å². The van der Waals surface area contributed by atoms with Gasteiger partial charge in [-0.3, -0.25) is 4.79 Å². The highest BCUT2D eigenvalue weighted by atomic mass is 79.9. The molecule has 112 valence electrons. The van der Waals surface area contributed by atoms with Crippen LogP contribution in [-0.2, 0) is 6.54 Å². The summed E-state index contributed by atoms with van der Waals surface area (Å²) in [5, 5.41) is 3.20. The summed E-state index contributed by atoms with van der Waals surface area (Å²) in [7, 11) is 0. The average Bonchev–Trinajstić information content (AvgIpc) is 2.92. The number of hydrogen-bond donors (Lipinski definition) is 1. The molecule has 0 saturated heterocycles. The minimum atomic E-state index is -0.701. The van der Waals surface area contributed by atoms with E-state index in [0.29, 0.717) is 5.58 Å². The maximum atomic E-state index is 13.5. The number of rotatable bonds is 3. The van der Waals surface area contributed by atoms with Crippen LogP contribution in [0.25, 0.3) is 11.0 Å². The Bertz CT molecular complexity index is 840. The maximum Gasteiger partial charge on any atom is 0.287 e. The molecule has 1 aromatic heterocycles. The van der Waals surface area contributed by atoms with Crippen molar-refractivity contribution in [3.8, 4) is 0 Å². The summed E-state index contributed by atoms with van der Waals surface area (Å²) >= 11 is 3.36. The number of nitrogens with one attached hydrogen (secondary N) is 1. The van der Waals surface area contributed by atoms with Gasteiger partial charge >= 0.3 is 0 Å². The number of fused-ring (bicyclic) bond motifs is 1. The lowest BCUT2D eigenvalue weighted by atomic mass is 10.2. The molecule has 0 saturated carbocycles. The van der Waals surface area contributed by atoms with Gasteiger partial charge in [0.1, 0.15) is 17.2 Å². The van der Waals surface area contributed by atoms with Crippen LogP contribution in [0.4, 0.5) is 8.78 Å². The molecule has 3 aromatic rings. The lowest BCUT2D eigenvalue weighted by molar-refractivity contribution is 0.0924. The first-order valence-corrected chi connectivity index (χ1v) is 7.24. The summed E-state index contributed by atoms with van der Waals surface area (Å²) in [6, 6.07) is 10.5. The van der Waals surface area contributed by atoms with E-state index in [-0.39, 0.29) is 17.9 Å². The van der Waals surface area contributed by atoms with Crippen molar-refractivity contribution in [2.45, 2.75) is 6.54 Å². The Morgan fingerprint density at radius 2 is 1.82 bits per heavy atom. The number of carbonyl (C=O) groups is 1. The van der Waals surface area contributed by atoms with E-state index in [9.17, 15) is 13.6 Å². The molecule has 22 heavy (non-hydrogen) atoms. The van der Waals surface area contributed by atoms with Crippen LogP contribution in [0, 0.1) is 11.6 Å². The van der Waals surface area contributed by atoms with Crippen molar-refractivity contribution in [3.05, 3.63) is 69.9 Å². The molecule has 1 N–H and O–H groups in total. The molecule has 0 fully saturated rings. The predicted molar refractivity (Wildman–Crippen MR) is 81.4 cm³/mol. The largest absolute Gasteiger partial charge is 0.451 e. The molecular weight excluding hydrogens is 356 g/mol. The molecule has 3 nitrogen and oxygen atoms in total. The molecule has 0 aliphatic rings. The number of halogens is 3. The zero-order chi connectivity index (χ0) is 15.7. The van der Waals surface area contributed by atoms with Gasteiger partial charge in [0.15, 0.2) is 5.76 Å². The molecule has 0 radical (unpaired) electrons. The van der Waals surface area contributed by atoms with Gasteiger partial charge in [-0.2, -0.15) is 0 Å². The van der Waals surface area contributed by atoms with Crippen molar-refractivity contribution in [1.29, 1.82) is 0 Å². The van der Waals surface area contributed by atoms with Crippen LogP contribution in [-0.4, -0.2) is 5.91 Å². The third-order valence-corrected chi connectivity index (χ3v) is 3.91. The molecule has 0 spiro atoms. The molecule has 0 aliphatic heterocycles. The van der Waals surface area contributed by atoms with Gasteiger partial charge in [-0.15, -0.1) is 0 Å². The van der Waals surface area contributed by atoms with E-state index in [0.717, 1.165) is 22.0 Å². The van der Waals surface area contributed by atoms with Crippen LogP contribution in [0.5, 0.6) is 0 Å². The van der Waals surface area contributed by atoms with Gasteiger partial charge in [-0.05, 0) is 30.3 Å². The van der Waals surface area contributed by atoms with E-state index < -0.39 is 17.5 Å². The Balaban J connectivity index is 1.80. The van der Waals surface area contributed by atoms with Gasteiger partial charge in [0.05, 0.1) is 0 Å². The fourth-order valence-electron chi connectivity index (χ4n) is 2.09. The highest BCUT2D eigenvalue weighted by Gasteiger charge is 2.15. The topological polar surface area (TPSA) is 42.2 Å². The Morgan fingerprint density at radius 1 is 1.14 bits per heavy atom. The van der Waals surface area contributed by atoms with Gasteiger partial charge < -0.3 is 9.73 Å². The maximum absolute atomic E-state index is 13.5. The zero-order valence-electron chi connectivity index (χ0n) is 11.2. The third kappa shape index (κ3) is 2.74. The van der Waals surface area contributed by atoms with Gasteiger partial charge in [-0.1, -0.05) is 28.1 Å². The second kappa shape index (κ2) is 5.88. The molecule has 2 aromatic carbocycles. The van der Waals surface area contributed by atoms with E-state index >= 15 is 0 Å². The standard InChI is InChI=1S/C16H10BrF2NO2/c17-11-3-1-6-14-9(11)7-15(22-14)16(21)20-8-10-12(18)4-2-5-13(10)19/h1-7H,8H2,(H,20,21). The average molecular weight is 366 g/mol. The number of benzene rings is 2. The molecular formula is C16H10BrF2NO2. The minimum absolute atomic E-state index is 0.0821. The summed E-state index contributed by atoms with van der Waals surface area (Å²) in [5.41, 5.74) is 0.365. The summed E-state index contributed by atoms with van der Waals surface area (Å²) in [6.45, 7) is -0.254. The second-order valence-electron chi connectivity index (χ2n) is 4.65. The van der Waals surface area contributed by atoms with Gasteiger partial charge in [0, 0.05) is 22.0 Å². The monoisotopic (exact) mass is 365 g/mol. The molecule has 6 heteroatoms. The first kappa shape index (κ1) is 14.7. The van der Waals surface area contributed by atoms with Crippen molar-refractivity contribution >= 4 is 32.8 Å². The molecule has 3 rings (SSSR count). The molecule has 0 bridgehead atoms. The Labute approximate surface area is 133 Å². The molecule has 0 unspecified atom stereocenters. The number of hydrogen-bond acceptors (Lipinski definition) is 2. The summed E-state index contributed by atoms with van der Waals surface area (Å²) in [5.74, 6) is -1.86. The van der Waals surface area contributed by atoms with Crippen LogP contribution >= 0.6 is 15.9 Å². The van der Waals surface area contributed by atoms with Crippen LogP contribution in [0.15, 0.2) is 51.4 Å². The van der Waals surface area contributed by atoms with E-state index in [1.54, 1.807) is 18.2 Å². The van der Waals surface area contributed by atoms with Crippen molar-refractivity contribution in [1.82, 2.24) is 5.32 Å². The van der Waals surface area contributed by atoms with Crippen LogP contribution in [0.2, 0.25) is 0 Å². The number of furan rings is 1. The molecule has 1 amide bonds. The highest BCUT2D eigenvalue weighted by Crippen LogP contribution is 2.27. The van der Waals surface area contributed by atoms with Crippen molar-refractivity contribution in [2.75, 3.05) is 0 Å². The summed E-state index contributed by atoms with van der Waals surface area (Å²) in [4.78, 5) is 12.1. The molecule has 0 atom stereocenters. The Morgan fingerprint density at radius 3 is 2.50 bits per heavy atom. The van der Waals surface area contributed by atoms with Gasteiger partial charge in [0.25, 0.3) is 5.91 Å². The Kier molecular flexibility index (Phi) is 3.94. The predicted octanol–water partition coefficient (Wildman–Crippen LogP) is 4.40. The van der Waals surface area contributed by atoms with Crippen molar-refractivity contribution in [3.63, 3.8) is 0 Å². The van der Waals surface area contributed by atoms with E-state index in [1.807, 2.05) is 6.07 Å².